The zero-order valence-electron chi connectivity index (χ0n) is 16.9. The molecule has 0 amide bonds. The summed E-state index contributed by atoms with van der Waals surface area (Å²) in [5.74, 6) is 0.649. The number of hydrogen-bond acceptors (Lipinski definition) is 6. The first-order valence-electron chi connectivity index (χ1n) is 9.66. The largest absolute Gasteiger partial charge is 0.434 e. The smallest absolute Gasteiger partial charge is 0.373 e. The Morgan fingerprint density at radius 1 is 0.903 bits per heavy atom. The summed E-state index contributed by atoms with van der Waals surface area (Å²) in [6, 6.07) is 22.3. The van der Waals surface area contributed by atoms with Crippen molar-refractivity contribution in [2.24, 2.45) is 0 Å². The van der Waals surface area contributed by atoms with Crippen molar-refractivity contribution in [2.45, 2.75) is 19.8 Å². The maximum Gasteiger partial charge on any atom is 0.373 e. The molecule has 2 aromatic carbocycles. The lowest BCUT2D eigenvalue weighted by Gasteiger charge is -2.04. The van der Waals surface area contributed by atoms with Crippen molar-refractivity contribution in [1.82, 2.24) is 9.97 Å². The number of ketones is 1. The van der Waals surface area contributed by atoms with Crippen molar-refractivity contribution in [1.29, 1.82) is 0 Å². The van der Waals surface area contributed by atoms with E-state index >= 15 is 0 Å². The molecule has 0 saturated carbocycles. The van der Waals surface area contributed by atoms with E-state index in [9.17, 15) is 4.79 Å². The highest BCUT2D eigenvalue weighted by atomic mass is 16.4. The number of oxazole rings is 1. The summed E-state index contributed by atoms with van der Waals surface area (Å²) in [6.07, 6.45) is 4.57. The highest BCUT2D eigenvalue weighted by Gasteiger charge is 2.14. The Bertz CT molecular complexity index is 1180. The van der Waals surface area contributed by atoms with Gasteiger partial charge in [-0.3, -0.25) is 9.78 Å². The molecule has 2 heterocycles. The molecule has 4 rings (SSSR count). The predicted octanol–water partition coefficient (Wildman–Crippen LogP) is 4.94. The molecule has 31 heavy (non-hydrogen) atoms. The lowest BCUT2D eigenvalue weighted by atomic mass is 10.0. The fourth-order valence-electron chi connectivity index (χ4n) is 3.09. The van der Waals surface area contributed by atoms with Crippen LogP contribution in [-0.4, -0.2) is 21.9 Å². The van der Waals surface area contributed by atoms with Gasteiger partial charge in [0.15, 0.2) is 5.76 Å². The van der Waals surface area contributed by atoms with E-state index in [1.807, 2.05) is 37.3 Å². The number of nitrogens with zero attached hydrogens (tertiary/aromatic N) is 2. The van der Waals surface area contributed by atoms with Gasteiger partial charge in [0.2, 0.25) is 5.78 Å². The van der Waals surface area contributed by atoms with E-state index in [2.05, 4.69) is 46.4 Å². The summed E-state index contributed by atoms with van der Waals surface area (Å²) in [4.78, 5) is 37.0. The van der Waals surface area contributed by atoms with Gasteiger partial charge in [0.1, 0.15) is 0 Å². The third-order valence-corrected chi connectivity index (χ3v) is 4.63. The Hall–Kier alpha value is -4.15. The van der Waals surface area contributed by atoms with E-state index in [-0.39, 0.29) is 17.8 Å². The lowest BCUT2D eigenvalue weighted by molar-refractivity contribution is -0.191. The lowest BCUT2D eigenvalue weighted by Crippen LogP contribution is -2.01. The van der Waals surface area contributed by atoms with E-state index < -0.39 is 0 Å². The molecule has 0 bridgehead atoms. The first-order chi connectivity index (χ1) is 15.1. The minimum absolute atomic E-state index is 0.0934. The molecule has 0 aliphatic rings. The zero-order valence-corrected chi connectivity index (χ0v) is 16.9. The van der Waals surface area contributed by atoms with Crippen LogP contribution in [-0.2, 0) is 16.0 Å². The van der Waals surface area contributed by atoms with Crippen molar-refractivity contribution < 1.29 is 18.8 Å². The van der Waals surface area contributed by atoms with Crippen molar-refractivity contribution in [2.75, 3.05) is 0 Å². The van der Waals surface area contributed by atoms with E-state index in [1.165, 1.54) is 11.1 Å². The predicted molar refractivity (Wildman–Crippen MR) is 114 cm³/mol. The highest BCUT2D eigenvalue weighted by molar-refractivity contribution is 5.92. The fourth-order valence-corrected chi connectivity index (χ4v) is 3.09. The van der Waals surface area contributed by atoms with Gasteiger partial charge in [0.25, 0.3) is 5.89 Å². The van der Waals surface area contributed by atoms with Crippen LogP contribution in [0.2, 0.25) is 0 Å². The fraction of sp³-hybridized carbons (Fsp3) is 0.120. The molecule has 4 aromatic rings. The minimum atomic E-state index is -0.0934. The average molecular weight is 412 g/mol. The molecular weight excluding hydrogens is 392 g/mol. The minimum Gasteiger partial charge on any atom is -0.434 e. The summed E-state index contributed by atoms with van der Waals surface area (Å²) in [7, 11) is 0. The molecule has 0 aliphatic heterocycles. The molecule has 6 nitrogen and oxygen atoms in total. The van der Waals surface area contributed by atoms with Gasteiger partial charge >= 0.3 is 6.15 Å². The molecule has 0 saturated heterocycles. The van der Waals surface area contributed by atoms with Crippen LogP contribution in [0.4, 0.5) is 0 Å². The van der Waals surface area contributed by atoms with Gasteiger partial charge in [-0.25, -0.2) is 4.98 Å². The average Bonchev–Trinajstić information content (AvgIpc) is 3.30. The number of rotatable bonds is 6. The van der Waals surface area contributed by atoms with Gasteiger partial charge in [-0.15, -0.1) is 0 Å². The number of pyridine rings is 1. The third-order valence-electron chi connectivity index (χ3n) is 4.63. The second-order valence-corrected chi connectivity index (χ2v) is 6.79. The van der Waals surface area contributed by atoms with Gasteiger partial charge in [-0.2, -0.15) is 9.59 Å². The summed E-state index contributed by atoms with van der Waals surface area (Å²) in [5, 5.41) is 0. The molecular formula is C25H20N2O4. The van der Waals surface area contributed by atoms with Crippen molar-refractivity contribution in [3.8, 4) is 22.5 Å². The second kappa shape index (κ2) is 10.6. The molecule has 6 heteroatoms. The Balaban J connectivity index is 0.000000858. The van der Waals surface area contributed by atoms with Crippen molar-refractivity contribution >= 4 is 11.9 Å². The normalized spacial score (nSPS) is 9.97. The van der Waals surface area contributed by atoms with Gasteiger partial charge < -0.3 is 4.42 Å². The Kier molecular flexibility index (Phi) is 7.35. The summed E-state index contributed by atoms with van der Waals surface area (Å²) in [6.45, 7) is 1.91. The second-order valence-electron chi connectivity index (χ2n) is 6.79. The number of Topliss-reactive ketones (excluding diaryl/α,β-unsaturated/α-hetero) is 1. The Morgan fingerprint density at radius 2 is 1.58 bits per heavy atom. The number of aryl methyl sites for hydroxylation is 2. The number of carbonyl (C=O) groups is 1. The van der Waals surface area contributed by atoms with Crippen molar-refractivity contribution in [3.05, 3.63) is 96.3 Å². The van der Waals surface area contributed by atoms with Crippen LogP contribution >= 0.6 is 0 Å². The van der Waals surface area contributed by atoms with E-state index in [0.717, 1.165) is 16.8 Å². The summed E-state index contributed by atoms with van der Waals surface area (Å²) in [5.41, 5.74) is 5.23. The van der Waals surface area contributed by atoms with Crippen LogP contribution in [0, 0.1) is 6.92 Å². The third kappa shape index (κ3) is 5.92. The summed E-state index contributed by atoms with van der Waals surface area (Å²) < 4.78 is 5.66. The number of benzene rings is 2. The van der Waals surface area contributed by atoms with Gasteiger partial charge in [-0.1, -0.05) is 54.6 Å². The number of aromatic nitrogens is 2. The van der Waals surface area contributed by atoms with Gasteiger partial charge in [0, 0.05) is 23.9 Å². The quantitative estimate of drug-likeness (QED) is 0.417. The van der Waals surface area contributed by atoms with E-state index in [0.29, 0.717) is 18.6 Å². The van der Waals surface area contributed by atoms with Crippen LogP contribution in [0.3, 0.4) is 0 Å². The molecule has 0 N–H and O–H groups in total. The van der Waals surface area contributed by atoms with Gasteiger partial charge in [-0.05, 0) is 42.2 Å². The van der Waals surface area contributed by atoms with Gasteiger partial charge in [0.05, 0.1) is 6.20 Å². The molecule has 0 fully saturated rings. The molecule has 0 unspecified atom stereocenters. The maximum absolute atomic E-state index is 12.4. The first kappa shape index (κ1) is 21.6. The summed E-state index contributed by atoms with van der Waals surface area (Å²) >= 11 is 0. The van der Waals surface area contributed by atoms with E-state index in [4.69, 9.17) is 14.0 Å². The standard InChI is InChI=1S/C24H20N2O2.CO2/c1-17-15-21(13-14-25-17)23-16-26-24(28-23)22(27)12-9-18-7-10-20(11-8-18)19-5-3-2-4-6-19;2-1-3/h2-8,10-11,13-16H,9,12H2,1H3;. The molecule has 2 aromatic heterocycles. The van der Waals surface area contributed by atoms with Crippen LogP contribution in [0.1, 0.15) is 28.4 Å². The van der Waals surface area contributed by atoms with E-state index in [1.54, 1.807) is 12.4 Å². The Morgan fingerprint density at radius 3 is 2.26 bits per heavy atom. The van der Waals surface area contributed by atoms with Crippen LogP contribution in [0.25, 0.3) is 22.5 Å². The first-order valence-corrected chi connectivity index (χ1v) is 9.66. The monoisotopic (exact) mass is 412 g/mol. The molecule has 0 radical (unpaired) electrons. The Labute approximate surface area is 179 Å². The van der Waals surface area contributed by atoms with Crippen LogP contribution in [0.15, 0.2) is 83.5 Å². The molecule has 0 atom stereocenters. The number of hydrogen-bond donors (Lipinski definition) is 0. The SMILES string of the molecule is Cc1cc(-c2cnc(C(=O)CCc3ccc(-c4ccccc4)cc3)o2)ccn1.O=C=O. The molecule has 0 aliphatic carbocycles. The van der Waals surface area contributed by atoms with Crippen LogP contribution in [0.5, 0.6) is 0 Å². The molecule has 0 spiro atoms. The zero-order chi connectivity index (χ0) is 22.1. The number of carbonyl (C=O) groups excluding carboxylic acids is 3. The molecule has 154 valence electrons. The topological polar surface area (TPSA) is 90.1 Å². The maximum atomic E-state index is 12.4. The van der Waals surface area contributed by atoms with Crippen molar-refractivity contribution in [3.63, 3.8) is 0 Å². The highest BCUT2D eigenvalue weighted by Crippen LogP contribution is 2.22. The van der Waals surface area contributed by atoms with Crippen LogP contribution < -0.4 is 0 Å².